The molecule has 5 aromatic rings. The van der Waals surface area contributed by atoms with E-state index in [4.69, 9.17) is 52.1 Å². The van der Waals surface area contributed by atoms with Gasteiger partial charge in [0.25, 0.3) is 0 Å². The first-order valence-corrected chi connectivity index (χ1v) is 21.4. The van der Waals surface area contributed by atoms with Gasteiger partial charge in [0.15, 0.2) is 12.2 Å². The molecule has 0 N–H and O–H groups in total. The molecule has 1 unspecified atom stereocenters. The summed E-state index contributed by atoms with van der Waals surface area (Å²) in [5.41, 5.74) is -1.87. The van der Waals surface area contributed by atoms with Crippen molar-refractivity contribution in [2.24, 2.45) is 0 Å². The molecule has 1 aliphatic rings. The number of ether oxygens (including phenoxy) is 11. The molecule has 5 aromatic carbocycles. The first-order chi connectivity index (χ1) is 34.4. The van der Waals surface area contributed by atoms with Crippen LogP contribution in [0.3, 0.4) is 0 Å². The maximum absolute atomic E-state index is 14.5. The molecule has 0 amide bonds. The number of benzene rings is 5. The minimum atomic E-state index is -2.27. The molecule has 0 aliphatic carbocycles. The molecular weight excluding hydrogens is 949 g/mol. The largest absolute Gasteiger partial charge is 0.459 e. The molecule has 0 radical (unpaired) electrons. The van der Waals surface area contributed by atoms with E-state index in [1.165, 1.54) is 121 Å². The predicted octanol–water partition coefficient (Wildman–Crippen LogP) is 5.73. The van der Waals surface area contributed by atoms with E-state index in [1.807, 2.05) is 0 Å². The van der Waals surface area contributed by atoms with Crippen LogP contribution in [0.2, 0.25) is 0 Å². The highest BCUT2D eigenvalue weighted by Gasteiger charge is 2.55. The third-order valence-electron chi connectivity index (χ3n) is 9.73. The molecule has 1 saturated heterocycles. The van der Waals surface area contributed by atoms with Gasteiger partial charge in [0.05, 0.1) is 0 Å². The van der Waals surface area contributed by atoms with Crippen molar-refractivity contribution < 1.29 is 100 Å². The zero-order chi connectivity index (χ0) is 52.1. The van der Waals surface area contributed by atoms with Gasteiger partial charge >= 0.3 is 59.7 Å². The molecule has 72 heavy (non-hydrogen) atoms. The average molecular weight is 991 g/mol. The molecule has 0 bridgehead atoms. The monoisotopic (exact) mass is 990 g/mol. The van der Waals surface area contributed by atoms with Gasteiger partial charge in [-0.2, -0.15) is 0 Å². The molecule has 6 rings (SSSR count). The Morgan fingerprint density at radius 3 is 0.931 bits per heavy atom. The third kappa shape index (κ3) is 13.5. The lowest BCUT2D eigenvalue weighted by Gasteiger charge is -2.44. The van der Waals surface area contributed by atoms with Crippen LogP contribution >= 0.6 is 0 Å². The van der Waals surface area contributed by atoms with E-state index < -0.39 is 108 Å². The molecular formula is C51H42O21. The SMILES string of the molecule is CC(=O)Oc1ccccc1C(=O)OC[C@H]1OC(OC(=O)c2ccccc2OC(C)=O)[C@H](OC(=O)c2ccccc2OC(C)=O)[C@@H](OC(=O)c2ccccc2OC(C)=O)[C@H]1OC(=O)c1ccccc1OC(C)=O. The molecule has 21 heteroatoms. The Morgan fingerprint density at radius 1 is 0.347 bits per heavy atom. The molecule has 1 heterocycles. The fourth-order valence-electron chi connectivity index (χ4n) is 6.87. The summed E-state index contributed by atoms with van der Waals surface area (Å²) >= 11 is 0. The number of carbonyl (C=O) groups excluding carboxylic acids is 10. The molecule has 1 aliphatic heterocycles. The van der Waals surface area contributed by atoms with Crippen LogP contribution in [0.4, 0.5) is 0 Å². The van der Waals surface area contributed by atoms with Crippen LogP contribution in [0.1, 0.15) is 86.4 Å². The van der Waals surface area contributed by atoms with Gasteiger partial charge in [0, 0.05) is 34.6 Å². The van der Waals surface area contributed by atoms with E-state index in [0.29, 0.717) is 0 Å². The third-order valence-corrected chi connectivity index (χ3v) is 9.73. The van der Waals surface area contributed by atoms with Gasteiger partial charge in [0.2, 0.25) is 12.4 Å². The Morgan fingerprint density at radius 2 is 0.611 bits per heavy atom. The summed E-state index contributed by atoms with van der Waals surface area (Å²) in [5, 5.41) is 0. The van der Waals surface area contributed by atoms with Gasteiger partial charge in [-0.25, -0.2) is 24.0 Å². The van der Waals surface area contributed by atoms with E-state index in [-0.39, 0.29) is 45.4 Å². The quantitative estimate of drug-likeness (QED) is 0.0648. The van der Waals surface area contributed by atoms with E-state index in [2.05, 4.69) is 0 Å². The number of para-hydroxylation sites is 5. The van der Waals surface area contributed by atoms with E-state index in [1.54, 1.807) is 0 Å². The lowest BCUT2D eigenvalue weighted by molar-refractivity contribution is -0.283. The molecule has 372 valence electrons. The Balaban J connectivity index is 1.55. The zero-order valence-corrected chi connectivity index (χ0v) is 38.7. The second-order valence-electron chi connectivity index (χ2n) is 15.1. The van der Waals surface area contributed by atoms with Crippen molar-refractivity contribution >= 4 is 59.7 Å². The zero-order valence-electron chi connectivity index (χ0n) is 38.7. The van der Waals surface area contributed by atoms with Crippen molar-refractivity contribution in [2.75, 3.05) is 6.61 Å². The van der Waals surface area contributed by atoms with E-state index in [0.717, 1.165) is 34.6 Å². The van der Waals surface area contributed by atoms with Gasteiger partial charge in [-0.3, -0.25) is 24.0 Å². The number of esters is 10. The van der Waals surface area contributed by atoms with Crippen LogP contribution in [0, 0.1) is 0 Å². The summed E-state index contributed by atoms with van der Waals surface area (Å²) in [6.07, 6.45) is -10.7. The maximum Gasteiger partial charge on any atom is 0.344 e. The number of rotatable bonds is 16. The van der Waals surface area contributed by atoms with Crippen molar-refractivity contribution in [3.8, 4) is 28.7 Å². The smallest absolute Gasteiger partial charge is 0.344 e. The molecule has 5 atom stereocenters. The van der Waals surface area contributed by atoms with Gasteiger partial charge in [0.1, 0.15) is 69.3 Å². The second-order valence-corrected chi connectivity index (χ2v) is 15.1. The standard InChI is InChI=1S/C51H42O21/c1-27(52)63-37-21-11-6-16-32(37)46(57)62-26-42-43(69-47(58)33-17-7-12-22-38(33)64-28(2)53)44(70-48(59)34-18-8-13-23-39(34)65-29(3)54)45(71-49(60)35-19-9-14-24-40(35)66-30(4)55)51(68-42)72-50(61)36-20-10-15-25-41(36)67-31(5)56/h6-25,42-45,51H,26H2,1-5H3/t42-,43+,44+,45-,51?/m1/s1. The van der Waals surface area contributed by atoms with Crippen LogP contribution in [-0.4, -0.2) is 97.0 Å². The number of hydrogen-bond donors (Lipinski definition) is 0. The molecule has 0 aromatic heterocycles. The van der Waals surface area contributed by atoms with Crippen LogP contribution in [0.5, 0.6) is 28.7 Å². The van der Waals surface area contributed by atoms with Gasteiger partial charge in [-0.1, -0.05) is 60.7 Å². The Bertz CT molecular complexity index is 2920. The highest BCUT2D eigenvalue weighted by molar-refractivity contribution is 5.97. The first-order valence-electron chi connectivity index (χ1n) is 21.4. The van der Waals surface area contributed by atoms with Crippen LogP contribution in [0.15, 0.2) is 121 Å². The minimum absolute atomic E-state index is 0.220. The summed E-state index contributed by atoms with van der Waals surface area (Å²) in [4.78, 5) is 132. The van der Waals surface area contributed by atoms with Crippen molar-refractivity contribution in [3.63, 3.8) is 0 Å². The number of carbonyl (C=O) groups is 10. The molecule has 0 saturated carbocycles. The highest BCUT2D eigenvalue weighted by atomic mass is 16.7. The Hall–Kier alpha value is -9.24. The van der Waals surface area contributed by atoms with Crippen LogP contribution < -0.4 is 23.7 Å². The Labute approximate surface area is 408 Å². The van der Waals surface area contributed by atoms with Gasteiger partial charge < -0.3 is 52.1 Å². The lowest BCUT2D eigenvalue weighted by atomic mass is 9.97. The second kappa shape index (κ2) is 23.9. The fraction of sp³-hybridized carbons (Fsp3) is 0.216. The Kier molecular flexibility index (Phi) is 17.3. The molecule has 1 fully saturated rings. The van der Waals surface area contributed by atoms with Crippen molar-refractivity contribution in [1.82, 2.24) is 0 Å². The summed E-state index contributed by atoms with van der Waals surface area (Å²) in [6.45, 7) is 4.35. The topological polar surface area (TPSA) is 272 Å². The molecule has 0 spiro atoms. The summed E-state index contributed by atoms with van der Waals surface area (Å²) < 4.78 is 62.0. The normalized spacial score (nSPS) is 16.8. The maximum atomic E-state index is 14.5. The lowest BCUT2D eigenvalue weighted by Crippen LogP contribution is -2.63. The predicted molar refractivity (Wildman–Crippen MR) is 241 cm³/mol. The van der Waals surface area contributed by atoms with Crippen molar-refractivity contribution in [2.45, 2.75) is 65.3 Å². The number of hydrogen-bond acceptors (Lipinski definition) is 21. The van der Waals surface area contributed by atoms with Crippen molar-refractivity contribution in [1.29, 1.82) is 0 Å². The van der Waals surface area contributed by atoms with Crippen molar-refractivity contribution in [3.05, 3.63) is 149 Å². The summed E-state index contributed by atoms with van der Waals surface area (Å²) in [7, 11) is 0. The highest BCUT2D eigenvalue weighted by Crippen LogP contribution is 2.35. The summed E-state index contributed by atoms with van der Waals surface area (Å²) in [5.74, 6) is -12.0. The van der Waals surface area contributed by atoms with Crippen LogP contribution in [-0.2, 0) is 52.4 Å². The summed E-state index contributed by atoms with van der Waals surface area (Å²) in [6, 6.07) is 26.5. The van der Waals surface area contributed by atoms with E-state index in [9.17, 15) is 47.9 Å². The first kappa shape index (κ1) is 52.1. The minimum Gasteiger partial charge on any atom is -0.459 e. The van der Waals surface area contributed by atoms with E-state index >= 15 is 0 Å². The van der Waals surface area contributed by atoms with Gasteiger partial charge in [-0.15, -0.1) is 0 Å². The molecule has 21 nitrogen and oxygen atoms in total. The average Bonchev–Trinajstić information content (AvgIpc) is 3.32. The van der Waals surface area contributed by atoms with Gasteiger partial charge in [-0.05, 0) is 60.7 Å². The fourth-order valence-corrected chi connectivity index (χ4v) is 6.87. The van der Waals surface area contributed by atoms with Crippen LogP contribution in [0.25, 0.3) is 0 Å².